The molecule has 4 heteroatoms. The van der Waals surface area contributed by atoms with E-state index in [1.165, 1.54) is 13.2 Å². The second-order valence-corrected chi connectivity index (χ2v) is 4.53. The molecule has 1 aromatic carbocycles. The van der Waals surface area contributed by atoms with Crippen molar-refractivity contribution in [2.24, 2.45) is 5.92 Å². The number of hydrogen-bond donors (Lipinski definition) is 1. The number of hydrogen-bond acceptors (Lipinski definition) is 3. The third-order valence-electron chi connectivity index (χ3n) is 3.14. The van der Waals surface area contributed by atoms with Crippen molar-refractivity contribution in [3.05, 3.63) is 23.8 Å². The fraction of sp³-hybridized carbons (Fsp3) is 0.462. The van der Waals surface area contributed by atoms with Crippen molar-refractivity contribution < 1.29 is 14.6 Å². The fourth-order valence-electron chi connectivity index (χ4n) is 2.13. The van der Waals surface area contributed by atoms with E-state index < -0.39 is 0 Å². The highest BCUT2D eigenvalue weighted by Crippen LogP contribution is 2.27. The normalized spacial score (nSPS) is 19.4. The molecule has 92 valence electrons. The molecule has 1 heterocycles. The van der Waals surface area contributed by atoms with Crippen LogP contribution in [0.3, 0.4) is 0 Å². The molecule has 0 radical (unpaired) electrons. The minimum absolute atomic E-state index is 0.00518. The molecule has 4 nitrogen and oxygen atoms in total. The monoisotopic (exact) mass is 235 g/mol. The molecular weight excluding hydrogens is 218 g/mol. The van der Waals surface area contributed by atoms with Crippen molar-refractivity contribution in [1.82, 2.24) is 4.90 Å². The lowest BCUT2D eigenvalue weighted by molar-refractivity contribution is 0.0787. The number of ether oxygens (including phenoxy) is 1. The summed E-state index contributed by atoms with van der Waals surface area (Å²) in [6, 6.07) is 4.76. The van der Waals surface area contributed by atoms with E-state index in [0.29, 0.717) is 17.2 Å². The van der Waals surface area contributed by atoms with E-state index >= 15 is 0 Å². The number of benzene rings is 1. The molecule has 1 atom stereocenters. The Labute approximate surface area is 101 Å². The van der Waals surface area contributed by atoms with E-state index in [-0.39, 0.29) is 11.7 Å². The summed E-state index contributed by atoms with van der Waals surface area (Å²) in [5.41, 5.74) is 0.511. The lowest BCUT2D eigenvalue weighted by Gasteiger charge is -2.16. The van der Waals surface area contributed by atoms with Gasteiger partial charge in [-0.1, -0.05) is 6.92 Å². The highest BCUT2D eigenvalue weighted by Gasteiger charge is 2.24. The van der Waals surface area contributed by atoms with Crippen LogP contribution in [0.15, 0.2) is 18.2 Å². The quantitative estimate of drug-likeness (QED) is 0.851. The second-order valence-electron chi connectivity index (χ2n) is 4.53. The van der Waals surface area contributed by atoms with Crippen molar-refractivity contribution in [1.29, 1.82) is 0 Å². The standard InChI is InChI=1S/C13H17NO3/c1-9-5-6-14(8-9)13(16)10-3-4-12(17-2)11(15)7-10/h3-4,7,9,15H,5-6,8H2,1-2H3. The predicted molar refractivity (Wildman–Crippen MR) is 64.3 cm³/mol. The fourth-order valence-corrected chi connectivity index (χ4v) is 2.13. The maximum atomic E-state index is 12.1. The number of methoxy groups -OCH3 is 1. The number of amides is 1. The number of likely N-dealkylation sites (tertiary alicyclic amines) is 1. The summed E-state index contributed by atoms with van der Waals surface area (Å²) in [7, 11) is 1.48. The van der Waals surface area contributed by atoms with Gasteiger partial charge in [-0.25, -0.2) is 0 Å². The van der Waals surface area contributed by atoms with E-state index in [2.05, 4.69) is 6.92 Å². The first-order chi connectivity index (χ1) is 8.11. The zero-order chi connectivity index (χ0) is 12.4. The van der Waals surface area contributed by atoms with E-state index in [4.69, 9.17) is 4.74 Å². The van der Waals surface area contributed by atoms with Crippen molar-refractivity contribution >= 4 is 5.91 Å². The third kappa shape index (κ3) is 2.35. The van der Waals surface area contributed by atoms with Gasteiger partial charge in [0.1, 0.15) is 0 Å². The first kappa shape index (κ1) is 11.8. The summed E-state index contributed by atoms with van der Waals surface area (Å²) in [6.45, 7) is 3.73. The van der Waals surface area contributed by atoms with Gasteiger partial charge in [-0.2, -0.15) is 0 Å². The lowest BCUT2D eigenvalue weighted by Crippen LogP contribution is -2.28. The smallest absolute Gasteiger partial charge is 0.254 e. The van der Waals surface area contributed by atoms with Gasteiger partial charge in [0, 0.05) is 18.7 Å². The van der Waals surface area contributed by atoms with Crippen LogP contribution in [0, 0.1) is 5.92 Å². The lowest BCUT2D eigenvalue weighted by atomic mass is 10.1. The molecule has 17 heavy (non-hydrogen) atoms. The van der Waals surface area contributed by atoms with Crippen LogP contribution in [-0.4, -0.2) is 36.1 Å². The summed E-state index contributed by atoms with van der Waals surface area (Å²) in [4.78, 5) is 13.9. The van der Waals surface area contributed by atoms with E-state index in [9.17, 15) is 9.90 Å². The molecule has 1 unspecified atom stereocenters. The van der Waals surface area contributed by atoms with E-state index in [1.54, 1.807) is 12.1 Å². The van der Waals surface area contributed by atoms with Crippen LogP contribution >= 0.6 is 0 Å². The Morgan fingerprint density at radius 3 is 2.82 bits per heavy atom. The van der Waals surface area contributed by atoms with Crippen LogP contribution in [0.5, 0.6) is 11.5 Å². The van der Waals surface area contributed by atoms with E-state index in [1.807, 2.05) is 4.90 Å². The molecule has 1 aliphatic heterocycles. The molecular formula is C13H17NO3. The summed E-state index contributed by atoms with van der Waals surface area (Å²) in [5, 5.41) is 9.64. The molecule has 1 saturated heterocycles. The third-order valence-corrected chi connectivity index (χ3v) is 3.14. The molecule has 0 aromatic heterocycles. The zero-order valence-electron chi connectivity index (χ0n) is 10.1. The average Bonchev–Trinajstić information content (AvgIpc) is 2.75. The van der Waals surface area contributed by atoms with E-state index in [0.717, 1.165) is 19.5 Å². The van der Waals surface area contributed by atoms with Gasteiger partial charge >= 0.3 is 0 Å². The van der Waals surface area contributed by atoms with Crippen molar-refractivity contribution in [2.75, 3.05) is 20.2 Å². The Kier molecular flexibility index (Phi) is 3.22. The summed E-state index contributed by atoms with van der Waals surface area (Å²) in [6.07, 6.45) is 1.05. The molecule has 1 aliphatic rings. The topological polar surface area (TPSA) is 49.8 Å². The maximum Gasteiger partial charge on any atom is 0.254 e. The van der Waals surface area contributed by atoms with Gasteiger partial charge in [-0.05, 0) is 30.5 Å². The number of nitrogens with zero attached hydrogens (tertiary/aromatic N) is 1. The van der Waals surface area contributed by atoms with Crippen LogP contribution in [-0.2, 0) is 0 Å². The molecule has 1 N–H and O–H groups in total. The molecule has 1 amide bonds. The van der Waals surface area contributed by atoms with Crippen LogP contribution in [0.25, 0.3) is 0 Å². The van der Waals surface area contributed by atoms with Gasteiger partial charge in [-0.3, -0.25) is 4.79 Å². The Morgan fingerprint density at radius 1 is 1.53 bits per heavy atom. The van der Waals surface area contributed by atoms with Crippen LogP contribution in [0.2, 0.25) is 0 Å². The molecule has 1 aromatic rings. The molecule has 2 rings (SSSR count). The van der Waals surface area contributed by atoms with Gasteiger partial charge < -0.3 is 14.7 Å². The van der Waals surface area contributed by atoms with Gasteiger partial charge in [0.15, 0.2) is 11.5 Å². The summed E-state index contributed by atoms with van der Waals surface area (Å²) >= 11 is 0. The summed E-state index contributed by atoms with van der Waals surface area (Å²) < 4.78 is 4.95. The van der Waals surface area contributed by atoms with Gasteiger partial charge in [0.25, 0.3) is 5.91 Å². The van der Waals surface area contributed by atoms with Crippen LogP contribution < -0.4 is 4.74 Å². The van der Waals surface area contributed by atoms with Crippen LogP contribution in [0.1, 0.15) is 23.7 Å². The Morgan fingerprint density at radius 2 is 2.29 bits per heavy atom. The first-order valence-corrected chi connectivity index (χ1v) is 5.78. The highest BCUT2D eigenvalue weighted by atomic mass is 16.5. The Bertz CT molecular complexity index is 431. The molecule has 0 spiro atoms. The molecule has 0 saturated carbocycles. The minimum atomic E-state index is -0.0210. The molecule has 1 fully saturated rings. The van der Waals surface area contributed by atoms with Crippen molar-refractivity contribution in [2.45, 2.75) is 13.3 Å². The number of carbonyl (C=O) groups excluding carboxylic acids is 1. The number of phenolic OH excluding ortho intramolecular Hbond substituents is 1. The molecule has 0 aliphatic carbocycles. The zero-order valence-corrected chi connectivity index (χ0v) is 10.1. The minimum Gasteiger partial charge on any atom is -0.504 e. The average molecular weight is 235 g/mol. The van der Waals surface area contributed by atoms with Gasteiger partial charge in [-0.15, -0.1) is 0 Å². The maximum absolute atomic E-state index is 12.1. The second kappa shape index (κ2) is 4.65. The van der Waals surface area contributed by atoms with Gasteiger partial charge in [0.2, 0.25) is 0 Å². The largest absolute Gasteiger partial charge is 0.504 e. The predicted octanol–water partition coefficient (Wildman–Crippen LogP) is 1.88. The first-order valence-electron chi connectivity index (χ1n) is 5.78. The number of phenols is 1. The van der Waals surface area contributed by atoms with Gasteiger partial charge in [0.05, 0.1) is 7.11 Å². The number of aromatic hydroxyl groups is 1. The summed E-state index contributed by atoms with van der Waals surface area (Å²) in [5.74, 6) is 0.931. The van der Waals surface area contributed by atoms with Crippen LogP contribution in [0.4, 0.5) is 0 Å². The van der Waals surface area contributed by atoms with Crippen molar-refractivity contribution in [3.63, 3.8) is 0 Å². The molecule has 0 bridgehead atoms. The highest BCUT2D eigenvalue weighted by molar-refractivity contribution is 5.95. The SMILES string of the molecule is COc1ccc(C(=O)N2CCC(C)C2)cc1O. The Balaban J connectivity index is 2.17. The van der Waals surface area contributed by atoms with Crippen molar-refractivity contribution in [3.8, 4) is 11.5 Å². The number of carbonyl (C=O) groups is 1. The number of rotatable bonds is 2. The Hall–Kier alpha value is -1.71.